The summed E-state index contributed by atoms with van der Waals surface area (Å²) in [4.78, 5) is 0. The fourth-order valence-corrected chi connectivity index (χ4v) is 3.93. The van der Waals surface area contributed by atoms with E-state index in [1.165, 1.54) is 5.56 Å². The van der Waals surface area contributed by atoms with Gasteiger partial charge in [-0.2, -0.15) is 0 Å². The topological polar surface area (TPSA) is 20.2 Å². The predicted octanol–water partition coefficient (Wildman–Crippen LogP) is 5.93. The standard InChI is InChI=1S/C19H20Br2O/c1-18(14-2-6-16(20)7-3-14)10-12-19(22,13-11-18)15-4-8-17(21)9-5-15/h2-9,22H,10-13H2,1H3. The summed E-state index contributed by atoms with van der Waals surface area (Å²) in [6, 6.07) is 16.7. The van der Waals surface area contributed by atoms with Crippen LogP contribution in [-0.2, 0) is 11.0 Å². The third-order valence-electron chi connectivity index (χ3n) is 5.10. The molecular weight excluding hydrogens is 404 g/mol. The van der Waals surface area contributed by atoms with Gasteiger partial charge in [-0.25, -0.2) is 0 Å². The Labute approximate surface area is 149 Å². The van der Waals surface area contributed by atoms with Crippen molar-refractivity contribution in [3.63, 3.8) is 0 Å². The molecule has 0 aromatic heterocycles. The van der Waals surface area contributed by atoms with Crippen LogP contribution in [0.4, 0.5) is 0 Å². The smallest absolute Gasteiger partial charge is 0.0897 e. The van der Waals surface area contributed by atoms with E-state index in [1.807, 2.05) is 24.3 Å². The maximum Gasteiger partial charge on any atom is 0.0897 e. The van der Waals surface area contributed by atoms with E-state index in [4.69, 9.17) is 0 Å². The Kier molecular flexibility index (Phi) is 4.50. The second-order valence-corrected chi connectivity index (χ2v) is 8.44. The molecule has 1 saturated carbocycles. The first-order chi connectivity index (χ1) is 10.4. The Balaban J connectivity index is 1.79. The summed E-state index contributed by atoms with van der Waals surface area (Å²) in [7, 11) is 0. The van der Waals surface area contributed by atoms with Gasteiger partial charge in [0.25, 0.3) is 0 Å². The number of aliphatic hydroxyl groups is 1. The lowest BCUT2D eigenvalue weighted by atomic mass is 9.65. The molecule has 1 nitrogen and oxygen atoms in total. The quantitative estimate of drug-likeness (QED) is 0.634. The molecule has 116 valence electrons. The Morgan fingerprint density at radius 3 is 1.59 bits per heavy atom. The van der Waals surface area contributed by atoms with Crippen molar-refractivity contribution in [1.29, 1.82) is 0 Å². The molecule has 2 aromatic rings. The highest BCUT2D eigenvalue weighted by molar-refractivity contribution is 9.10. The van der Waals surface area contributed by atoms with Crippen LogP contribution in [0.2, 0.25) is 0 Å². The van der Waals surface area contributed by atoms with Crippen LogP contribution in [-0.4, -0.2) is 5.11 Å². The summed E-state index contributed by atoms with van der Waals surface area (Å²) in [6.07, 6.45) is 3.62. The average molecular weight is 424 g/mol. The summed E-state index contributed by atoms with van der Waals surface area (Å²) in [5.74, 6) is 0. The fourth-order valence-electron chi connectivity index (χ4n) is 3.41. The third kappa shape index (κ3) is 3.17. The minimum atomic E-state index is -0.685. The monoisotopic (exact) mass is 422 g/mol. The molecule has 3 rings (SSSR count). The molecule has 0 saturated heterocycles. The molecule has 1 aliphatic carbocycles. The van der Waals surface area contributed by atoms with E-state index in [2.05, 4.69) is 63.0 Å². The van der Waals surface area contributed by atoms with Crippen molar-refractivity contribution in [2.75, 3.05) is 0 Å². The number of hydrogen-bond acceptors (Lipinski definition) is 1. The number of hydrogen-bond donors (Lipinski definition) is 1. The van der Waals surface area contributed by atoms with Gasteiger partial charge in [0, 0.05) is 8.95 Å². The van der Waals surface area contributed by atoms with Crippen LogP contribution >= 0.6 is 31.9 Å². The van der Waals surface area contributed by atoms with E-state index in [1.54, 1.807) is 0 Å². The van der Waals surface area contributed by atoms with Crippen LogP contribution in [0.1, 0.15) is 43.7 Å². The van der Waals surface area contributed by atoms with Crippen LogP contribution in [0.5, 0.6) is 0 Å². The zero-order valence-corrected chi connectivity index (χ0v) is 15.8. The molecule has 1 aliphatic rings. The predicted molar refractivity (Wildman–Crippen MR) is 98.0 cm³/mol. The van der Waals surface area contributed by atoms with Crippen LogP contribution in [0, 0.1) is 0 Å². The molecule has 0 radical (unpaired) electrons. The molecule has 22 heavy (non-hydrogen) atoms. The molecule has 0 aliphatic heterocycles. The second-order valence-electron chi connectivity index (χ2n) is 6.61. The zero-order chi connectivity index (χ0) is 15.8. The van der Waals surface area contributed by atoms with E-state index in [-0.39, 0.29) is 5.41 Å². The number of halogens is 2. The highest BCUT2D eigenvalue weighted by atomic mass is 79.9. The molecule has 0 spiro atoms. The van der Waals surface area contributed by atoms with Crippen molar-refractivity contribution in [3.05, 3.63) is 68.6 Å². The van der Waals surface area contributed by atoms with E-state index >= 15 is 0 Å². The fraction of sp³-hybridized carbons (Fsp3) is 0.368. The molecule has 0 atom stereocenters. The molecule has 2 aromatic carbocycles. The lowest BCUT2D eigenvalue weighted by Gasteiger charge is -2.43. The molecule has 1 N–H and O–H groups in total. The largest absolute Gasteiger partial charge is 0.385 e. The van der Waals surface area contributed by atoms with Gasteiger partial charge in [0.2, 0.25) is 0 Å². The molecule has 0 heterocycles. The normalized spacial score (nSPS) is 28.5. The van der Waals surface area contributed by atoms with Crippen LogP contribution in [0.3, 0.4) is 0 Å². The lowest BCUT2D eigenvalue weighted by Crippen LogP contribution is -2.38. The third-order valence-corrected chi connectivity index (χ3v) is 6.16. The molecule has 0 amide bonds. The minimum absolute atomic E-state index is 0.155. The van der Waals surface area contributed by atoms with Gasteiger partial charge in [0.1, 0.15) is 0 Å². The molecular formula is C19H20Br2O. The van der Waals surface area contributed by atoms with E-state index in [0.717, 1.165) is 40.2 Å². The van der Waals surface area contributed by atoms with Gasteiger partial charge in [-0.1, -0.05) is 63.0 Å². The van der Waals surface area contributed by atoms with E-state index < -0.39 is 5.60 Å². The van der Waals surface area contributed by atoms with Crippen LogP contribution < -0.4 is 0 Å². The molecule has 1 fully saturated rings. The van der Waals surface area contributed by atoms with Crippen LogP contribution in [0.25, 0.3) is 0 Å². The zero-order valence-electron chi connectivity index (χ0n) is 12.7. The SMILES string of the molecule is CC1(c2ccc(Br)cc2)CCC(O)(c2ccc(Br)cc2)CC1. The minimum Gasteiger partial charge on any atom is -0.385 e. The van der Waals surface area contributed by atoms with E-state index in [9.17, 15) is 5.11 Å². The first-order valence-corrected chi connectivity index (χ1v) is 9.24. The van der Waals surface area contributed by atoms with Gasteiger partial charge in [-0.05, 0) is 66.5 Å². The van der Waals surface area contributed by atoms with Crippen molar-refractivity contribution in [1.82, 2.24) is 0 Å². The van der Waals surface area contributed by atoms with Gasteiger partial charge >= 0.3 is 0 Å². The lowest BCUT2D eigenvalue weighted by molar-refractivity contribution is -0.0188. The summed E-state index contributed by atoms with van der Waals surface area (Å²) in [5, 5.41) is 11.0. The van der Waals surface area contributed by atoms with Crippen molar-refractivity contribution >= 4 is 31.9 Å². The Morgan fingerprint density at radius 2 is 1.14 bits per heavy atom. The summed E-state index contributed by atoms with van der Waals surface area (Å²) < 4.78 is 2.16. The highest BCUT2D eigenvalue weighted by Crippen LogP contribution is 2.47. The van der Waals surface area contributed by atoms with Crippen LogP contribution in [0.15, 0.2) is 57.5 Å². The number of benzene rings is 2. The Bertz CT molecular complexity index is 579. The maximum absolute atomic E-state index is 11.0. The summed E-state index contributed by atoms with van der Waals surface area (Å²) >= 11 is 6.95. The molecule has 0 bridgehead atoms. The first kappa shape index (κ1) is 16.2. The summed E-state index contributed by atoms with van der Waals surface area (Å²) in [5.41, 5.74) is 1.87. The van der Waals surface area contributed by atoms with Crippen molar-refractivity contribution < 1.29 is 5.11 Å². The first-order valence-electron chi connectivity index (χ1n) is 7.66. The van der Waals surface area contributed by atoms with Gasteiger partial charge in [0.15, 0.2) is 0 Å². The average Bonchev–Trinajstić information content (AvgIpc) is 2.52. The Morgan fingerprint density at radius 1 is 0.727 bits per heavy atom. The van der Waals surface area contributed by atoms with Gasteiger partial charge in [-0.15, -0.1) is 0 Å². The van der Waals surface area contributed by atoms with E-state index in [0.29, 0.717) is 0 Å². The van der Waals surface area contributed by atoms with Crippen molar-refractivity contribution in [2.45, 2.75) is 43.6 Å². The van der Waals surface area contributed by atoms with Crippen molar-refractivity contribution in [3.8, 4) is 0 Å². The van der Waals surface area contributed by atoms with Gasteiger partial charge in [-0.3, -0.25) is 0 Å². The maximum atomic E-state index is 11.0. The van der Waals surface area contributed by atoms with Gasteiger partial charge < -0.3 is 5.11 Å². The summed E-state index contributed by atoms with van der Waals surface area (Å²) in [6.45, 7) is 2.32. The van der Waals surface area contributed by atoms with Crippen molar-refractivity contribution in [2.24, 2.45) is 0 Å². The highest BCUT2D eigenvalue weighted by Gasteiger charge is 2.40. The number of rotatable bonds is 2. The molecule has 3 heteroatoms. The molecule has 0 unspecified atom stereocenters. The second kappa shape index (κ2) is 6.10. The Hall–Kier alpha value is -0.640. The van der Waals surface area contributed by atoms with Gasteiger partial charge in [0.05, 0.1) is 5.60 Å².